The fourth-order valence-corrected chi connectivity index (χ4v) is 2.02. The van der Waals surface area contributed by atoms with Crippen LogP contribution < -0.4 is 0 Å². The maximum absolute atomic E-state index is 3.73. The molecule has 0 aromatic rings. The Labute approximate surface area is 77.2 Å². The number of hydrogen-bond acceptors (Lipinski definition) is 0. The number of alkyl halides is 1. The summed E-state index contributed by atoms with van der Waals surface area (Å²) in [6.45, 7) is 5.62. The molecule has 0 bridgehead atoms. The zero-order chi connectivity index (χ0) is 8.32. The molecule has 0 saturated heterocycles. The number of hydrogen-bond donors (Lipinski definition) is 0. The van der Waals surface area contributed by atoms with Crippen LogP contribution in [0.4, 0.5) is 0 Å². The van der Waals surface area contributed by atoms with Gasteiger partial charge in [0.15, 0.2) is 0 Å². The van der Waals surface area contributed by atoms with Crippen LogP contribution in [0.15, 0.2) is 12.7 Å². The van der Waals surface area contributed by atoms with E-state index < -0.39 is 0 Å². The quantitative estimate of drug-likeness (QED) is 0.384. The number of rotatable bonds is 3. The minimum Gasteiger partial charge on any atom is -0.107 e. The van der Waals surface area contributed by atoms with Gasteiger partial charge in [0.05, 0.1) is 0 Å². The summed E-state index contributed by atoms with van der Waals surface area (Å²) in [5, 5.41) is 0. The Hall–Kier alpha value is -0.220. The summed E-state index contributed by atoms with van der Waals surface area (Å²) in [5.74, 6) is 6.81. The van der Waals surface area contributed by atoms with E-state index in [1.54, 1.807) is 0 Å². The van der Waals surface area contributed by atoms with Crippen LogP contribution in [0.2, 0.25) is 0 Å². The molecule has 0 aromatic heterocycles. The summed E-state index contributed by atoms with van der Waals surface area (Å²) in [6.07, 6.45) is 5.36. The summed E-state index contributed by atoms with van der Waals surface area (Å²) < 4.78 is 0.337. The van der Waals surface area contributed by atoms with E-state index in [9.17, 15) is 0 Å². The van der Waals surface area contributed by atoms with Crippen molar-refractivity contribution in [3.8, 4) is 11.8 Å². The molecule has 1 fully saturated rings. The van der Waals surface area contributed by atoms with Gasteiger partial charge in [0.2, 0.25) is 0 Å². The van der Waals surface area contributed by atoms with Gasteiger partial charge in [-0.3, -0.25) is 0 Å². The Morgan fingerprint density at radius 2 is 2.55 bits per heavy atom. The monoisotopic (exact) mass is 212 g/mol. The van der Waals surface area contributed by atoms with Crippen LogP contribution in [0.1, 0.15) is 26.2 Å². The minimum atomic E-state index is 0.337. The molecule has 11 heavy (non-hydrogen) atoms. The molecule has 1 aliphatic carbocycles. The molecule has 2 atom stereocenters. The van der Waals surface area contributed by atoms with Crippen LogP contribution in [0.3, 0.4) is 0 Å². The van der Waals surface area contributed by atoms with Crippen molar-refractivity contribution in [2.75, 3.05) is 0 Å². The molecular weight excluding hydrogens is 200 g/mol. The molecule has 0 spiro atoms. The molecule has 0 radical (unpaired) electrons. The van der Waals surface area contributed by atoms with Crippen LogP contribution in [0.25, 0.3) is 0 Å². The summed E-state index contributed by atoms with van der Waals surface area (Å²) in [4.78, 5) is 0. The topological polar surface area (TPSA) is 0 Å². The molecule has 0 aromatic carbocycles. The zero-order valence-corrected chi connectivity index (χ0v) is 8.45. The second-order valence-corrected chi connectivity index (χ2v) is 4.64. The van der Waals surface area contributed by atoms with Crippen LogP contribution in [-0.2, 0) is 0 Å². The zero-order valence-electron chi connectivity index (χ0n) is 6.86. The first-order valence-corrected chi connectivity index (χ1v) is 4.71. The Morgan fingerprint density at radius 3 is 3.09 bits per heavy atom. The first-order valence-electron chi connectivity index (χ1n) is 3.92. The third kappa shape index (κ3) is 2.10. The average Bonchev–Trinajstić information content (AvgIpc) is 2.60. The molecule has 0 N–H and O–H groups in total. The van der Waals surface area contributed by atoms with Gasteiger partial charge in [0.1, 0.15) is 0 Å². The van der Waals surface area contributed by atoms with Gasteiger partial charge in [-0.25, -0.2) is 0 Å². The van der Waals surface area contributed by atoms with E-state index in [2.05, 4.69) is 34.3 Å². The Bertz CT molecular complexity index is 209. The van der Waals surface area contributed by atoms with Crippen molar-refractivity contribution in [3.63, 3.8) is 0 Å². The van der Waals surface area contributed by atoms with E-state index in [0.717, 1.165) is 18.8 Å². The second kappa shape index (κ2) is 3.45. The fourth-order valence-electron chi connectivity index (χ4n) is 1.30. The summed E-state index contributed by atoms with van der Waals surface area (Å²) >= 11 is 3.71. The third-order valence-corrected chi connectivity index (χ3v) is 3.42. The second-order valence-electron chi connectivity index (χ2n) is 3.06. The van der Waals surface area contributed by atoms with Crippen LogP contribution in [0.5, 0.6) is 0 Å². The highest BCUT2D eigenvalue weighted by atomic mass is 79.9. The SMILES string of the molecule is C=CCC1CC1(Br)CC#CC. The highest BCUT2D eigenvalue weighted by molar-refractivity contribution is 9.10. The lowest BCUT2D eigenvalue weighted by Gasteiger charge is -2.01. The minimum absolute atomic E-state index is 0.337. The van der Waals surface area contributed by atoms with Crippen molar-refractivity contribution in [3.05, 3.63) is 12.7 Å². The molecule has 1 heteroatoms. The van der Waals surface area contributed by atoms with Gasteiger partial charge in [-0.2, -0.15) is 0 Å². The van der Waals surface area contributed by atoms with Gasteiger partial charge >= 0.3 is 0 Å². The molecular formula is C10H13Br. The van der Waals surface area contributed by atoms with Crippen LogP contribution in [-0.4, -0.2) is 4.32 Å². The highest BCUT2D eigenvalue weighted by Gasteiger charge is 2.50. The maximum Gasteiger partial charge on any atom is 0.0401 e. The Balaban J connectivity index is 2.34. The molecule has 0 aliphatic heterocycles. The van der Waals surface area contributed by atoms with E-state index in [1.165, 1.54) is 6.42 Å². The number of allylic oxidation sites excluding steroid dienone is 1. The van der Waals surface area contributed by atoms with Gasteiger partial charge in [-0.15, -0.1) is 18.4 Å². The van der Waals surface area contributed by atoms with Crippen molar-refractivity contribution in [2.24, 2.45) is 5.92 Å². The average molecular weight is 213 g/mol. The van der Waals surface area contributed by atoms with Crippen LogP contribution >= 0.6 is 15.9 Å². The highest BCUT2D eigenvalue weighted by Crippen LogP contribution is 2.55. The maximum atomic E-state index is 3.73. The van der Waals surface area contributed by atoms with E-state index in [-0.39, 0.29) is 0 Å². The van der Waals surface area contributed by atoms with Crippen molar-refractivity contribution < 1.29 is 0 Å². The van der Waals surface area contributed by atoms with E-state index >= 15 is 0 Å². The summed E-state index contributed by atoms with van der Waals surface area (Å²) in [5.41, 5.74) is 0. The molecule has 0 amide bonds. The van der Waals surface area contributed by atoms with Gasteiger partial charge in [0.25, 0.3) is 0 Å². The molecule has 0 nitrogen and oxygen atoms in total. The molecule has 60 valence electrons. The van der Waals surface area contributed by atoms with Crippen molar-refractivity contribution in [2.45, 2.75) is 30.5 Å². The van der Waals surface area contributed by atoms with Crippen molar-refractivity contribution >= 4 is 15.9 Å². The molecule has 2 unspecified atom stereocenters. The van der Waals surface area contributed by atoms with Crippen molar-refractivity contribution in [1.29, 1.82) is 0 Å². The summed E-state index contributed by atoms with van der Waals surface area (Å²) in [7, 11) is 0. The Morgan fingerprint density at radius 1 is 1.82 bits per heavy atom. The van der Waals surface area contributed by atoms with Gasteiger partial charge in [-0.05, 0) is 25.7 Å². The van der Waals surface area contributed by atoms with E-state index in [4.69, 9.17) is 0 Å². The van der Waals surface area contributed by atoms with Gasteiger partial charge in [-0.1, -0.05) is 22.0 Å². The summed E-state index contributed by atoms with van der Waals surface area (Å²) in [6, 6.07) is 0. The molecule has 1 aliphatic rings. The lowest BCUT2D eigenvalue weighted by atomic mass is 10.2. The largest absolute Gasteiger partial charge is 0.107 e. The van der Waals surface area contributed by atoms with Gasteiger partial charge in [0, 0.05) is 10.7 Å². The lowest BCUT2D eigenvalue weighted by molar-refractivity contribution is 0.776. The van der Waals surface area contributed by atoms with Crippen molar-refractivity contribution in [1.82, 2.24) is 0 Å². The first kappa shape index (κ1) is 8.87. The van der Waals surface area contributed by atoms with Gasteiger partial charge < -0.3 is 0 Å². The molecule has 1 rings (SSSR count). The standard InChI is InChI=1S/C10H13Br/c1-3-5-7-10(11)8-9(10)6-4-2/h4,9H,2,6-8H2,1H3. The molecule has 0 heterocycles. The third-order valence-electron chi connectivity index (χ3n) is 2.17. The Kier molecular flexibility index (Phi) is 2.78. The smallest absolute Gasteiger partial charge is 0.0401 e. The predicted octanol–water partition coefficient (Wildman–Crippen LogP) is 3.13. The van der Waals surface area contributed by atoms with E-state index in [0.29, 0.717) is 4.32 Å². The number of halogens is 1. The fraction of sp³-hybridized carbons (Fsp3) is 0.600. The normalized spacial score (nSPS) is 33.8. The first-order chi connectivity index (χ1) is 5.23. The predicted molar refractivity (Wildman–Crippen MR) is 52.6 cm³/mol. The van der Waals surface area contributed by atoms with E-state index in [1.807, 2.05) is 13.0 Å². The lowest BCUT2D eigenvalue weighted by Crippen LogP contribution is -1.98. The molecule has 1 saturated carbocycles. The van der Waals surface area contributed by atoms with Crippen LogP contribution in [0, 0.1) is 17.8 Å².